The van der Waals surface area contributed by atoms with Gasteiger partial charge in [0, 0.05) is 22.3 Å². The summed E-state index contributed by atoms with van der Waals surface area (Å²) in [6, 6.07) is 13.1. The molecule has 106 valence electrons. The second-order valence-electron chi connectivity index (χ2n) is 5.84. The molecule has 0 saturated heterocycles. The average molecular weight is 277 g/mol. The van der Waals surface area contributed by atoms with Crippen LogP contribution in [0.4, 0.5) is 5.69 Å². The van der Waals surface area contributed by atoms with E-state index >= 15 is 0 Å². The molecule has 1 atom stereocenters. The highest BCUT2D eigenvalue weighted by Gasteiger charge is 2.23. The van der Waals surface area contributed by atoms with Crippen LogP contribution in [0.3, 0.4) is 0 Å². The summed E-state index contributed by atoms with van der Waals surface area (Å²) in [5.41, 5.74) is 6.23. The maximum Gasteiger partial charge on any atom is 0.0666 e. The SMILES string of the molecule is Cc1ccc(NC2CCCc3c2[nH]c2ccccc32)cn1. The lowest BCUT2D eigenvalue weighted by molar-refractivity contribution is 0.592. The molecule has 2 N–H and O–H groups in total. The first-order valence-electron chi connectivity index (χ1n) is 7.60. The second-order valence-corrected chi connectivity index (χ2v) is 5.84. The van der Waals surface area contributed by atoms with Crippen molar-refractivity contribution in [1.29, 1.82) is 0 Å². The van der Waals surface area contributed by atoms with Gasteiger partial charge in [-0.25, -0.2) is 0 Å². The van der Waals surface area contributed by atoms with Gasteiger partial charge in [0.15, 0.2) is 0 Å². The van der Waals surface area contributed by atoms with Gasteiger partial charge < -0.3 is 10.3 Å². The summed E-state index contributed by atoms with van der Waals surface area (Å²) >= 11 is 0. The molecule has 1 unspecified atom stereocenters. The molecule has 0 aliphatic heterocycles. The summed E-state index contributed by atoms with van der Waals surface area (Å²) in [7, 11) is 0. The van der Waals surface area contributed by atoms with Crippen LogP contribution in [0.2, 0.25) is 0 Å². The number of para-hydroxylation sites is 1. The quantitative estimate of drug-likeness (QED) is 0.730. The Morgan fingerprint density at radius 1 is 1.19 bits per heavy atom. The van der Waals surface area contributed by atoms with E-state index in [0.717, 1.165) is 17.8 Å². The first kappa shape index (κ1) is 12.5. The van der Waals surface area contributed by atoms with E-state index in [2.05, 4.69) is 51.7 Å². The van der Waals surface area contributed by atoms with E-state index in [-0.39, 0.29) is 0 Å². The van der Waals surface area contributed by atoms with E-state index < -0.39 is 0 Å². The Labute approximate surface area is 124 Å². The fraction of sp³-hybridized carbons (Fsp3) is 0.278. The number of aromatic nitrogens is 2. The van der Waals surface area contributed by atoms with Crippen LogP contribution in [0.1, 0.15) is 35.8 Å². The van der Waals surface area contributed by atoms with Gasteiger partial charge >= 0.3 is 0 Å². The number of rotatable bonds is 2. The maximum absolute atomic E-state index is 4.37. The molecule has 0 radical (unpaired) electrons. The van der Waals surface area contributed by atoms with Gasteiger partial charge in [0.1, 0.15) is 0 Å². The van der Waals surface area contributed by atoms with E-state index in [1.54, 1.807) is 0 Å². The monoisotopic (exact) mass is 277 g/mol. The van der Waals surface area contributed by atoms with Crippen LogP contribution >= 0.6 is 0 Å². The van der Waals surface area contributed by atoms with Crippen LogP contribution < -0.4 is 5.32 Å². The predicted molar refractivity (Wildman–Crippen MR) is 86.6 cm³/mol. The van der Waals surface area contributed by atoms with Gasteiger partial charge in [0.05, 0.1) is 17.9 Å². The van der Waals surface area contributed by atoms with Gasteiger partial charge in [-0.15, -0.1) is 0 Å². The van der Waals surface area contributed by atoms with E-state index in [1.165, 1.54) is 35.0 Å². The average Bonchev–Trinajstić information content (AvgIpc) is 2.89. The molecule has 3 aromatic rings. The van der Waals surface area contributed by atoms with Gasteiger partial charge in [0.2, 0.25) is 0 Å². The van der Waals surface area contributed by atoms with Gasteiger partial charge in [-0.1, -0.05) is 18.2 Å². The van der Waals surface area contributed by atoms with Crippen LogP contribution in [0, 0.1) is 6.92 Å². The third-order valence-corrected chi connectivity index (χ3v) is 4.37. The van der Waals surface area contributed by atoms with E-state index in [9.17, 15) is 0 Å². The molecule has 1 aromatic carbocycles. The number of aromatic amines is 1. The summed E-state index contributed by atoms with van der Waals surface area (Å²) in [6.07, 6.45) is 5.48. The van der Waals surface area contributed by atoms with Gasteiger partial charge in [-0.05, 0) is 49.9 Å². The second kappa shape index (κ2) is 4.92. The van der Waals surface area contributed by atoms with Gasteiger partial charge in [-0.2, -0.15) is 0 Å². The number of pyridine rings is 1. The van der Waals surface area contributed by atoms with Crippen LogP contribution in [-0.2, 0) is 6.42 Å². The van der Waals surface area contributed by atoms with Crippen molar-refractivity contribution in [2.45, 2.75) is 32.2 Å². The number of H-pyrrole nitrogens is 1. The molecule has 0 saturated carbocycles. The number of fused-ring (bicyclic) bond motifs is 3. The molecule has 2 heterocycles. The normalized spacial score (nSPS) is 17.7. The Hall–Kier alpha value is -2.29. The van der Waals surface area contributed by atoms with Crippen molar-refractivity contribution in [2.24, 2.45) is 0 Å². The van der Waals surface area contributed by atoms with Gasteiger partial charge in [0.25, 0.3) is 0 Å². The molecule has 0 fully saturated rings. The zero-order valence-corrected chi connectivity index (χ0v) is 12.2. The number of benzene rings is 1. The van der Waals surface area contributed by atoms with Crippen molar-refractivity contribution in [3.05, 3.63) is 59.5 Å². The van der Waals surface area contributed by atoms with Gasteiger partial charge in [-0.3, -0.25) is 4.98 Å². The van der Waals surface area contributed by atoms with E-state index in [4.69, 9.17) is 0 Å². The van der Waals surface area contributed by atoms with Crippen LogP contribution in [0.15, 0.2) is 42.6 Å². The molecule has 2 aromatic heterocycles. The van der Waals surface area contributed by atoms with Crippen molar-refractivity contribution < 1.29 is 0 Å². The summed E-state index contributed by atoms with van der Waals surface area (Å²) < 4.78 is 0. The number of hydrogen-bond acceptors (Lipinski definition) is 2. The van der Waals surface area contributed by atoms with Crippen molar-refractivity contribution >= 4 is 16.6 Å². The highest BCUT2D eigenvalue weighted by molar-refractivity contribution is 5.85. The van der Waals surface area contributed by atoms with Crippen LogP contribution in [-0.4, -0.2) is 9.97 Å². The topological polar surface area (TPSA) is 40.7 Å². The lowest BCUT2D eigenvalue weighted by Crippen LogP contribution is -2.17. The summed E-state index contributed by atoms with van der Waals surface area (Å²) in [6.45, 7) is 2.01. The first-order valence-corrected chi connectivity index (χ1v) is 7.60. The minimum atomic E-state index is 0.352. The van der Waals surface area contributed by atoms with Crippen molar-refractivity contribution in [3.63, 3.8) is 0 Å². The Morgan fingerprint density at radius 3 is 2.95 bits per heavy atom. The molecule has 4 rings (SSSR count). The third-order valence-electron chi connectivity index (χ3n) is 4.37. The van der Waals surface area contributed by atoms with Crippen molar-refractivity contribution in [2.75, 3.05) is 5.32 Å². The van der Waals surface area contributed by atoms with Crippen LogP contribution in [0.25, 0.3) is 10.9 Å². The smallest absolute Gasteiger partial charge is 0.0666 e. The lowest BCUT2D eigenvalue weighted by atomic mass is 9.91. The molecule has 1 aliphatic rings. The number of hydrogen-bond donors (Lipinski definition) is 2. The Bertz CT molecular complexity index is 771. The molecule has 1 aliphatic carbocycles. The molecule has 0 spiro atoms. The predicted octanol–water partition coefficient (Wildman–Crippen LogP) is 4.36. The standard InChI is InChI=1S/C18H19N3/c1-12-9-10-13(11-19-12)20-17-8-4-6-15-14-5-2-3-7-16(14)21-18(15)17/h2-3,5,7,9-11,17,20-21H,4,6,8H2,1H3. The zero-order chi connectivity index (χ0) is 14.2. The van der Waals surface area contributed by atoms with E-state index in [1.807, 2.05) is 13.1 Å². The Morgan fingerprint density at radius 2 is 2.10 bits per heavy atom. The fourth-order valence-corrected chi connectivity index (χ4v) is 3.31. The number of aryl methyl sites for hydroxylation is 2. The molecule has 21 heavy (non-hydrogen) atoms. The molecule has 3 heteroatoms. The molecule has 0 amide bonds. The van der Waals surface area contributed by atoms with Crippen LogP contribution in [0.5, 0.6) is 0 Å². The molecule has 0 bridgehead atoms. The first-order chi connectivity index (χ1) is 10.3. The Balaban J connectivity index is 1.71. The summed E-state index contributed by atoms with van der Waals surface area (Å²) in [5.74, 6) is 0. The molecular formula is C18H19N3. The summed E-state index contributed by atoms with van der Waals surface area (Å²) in [4.78, 5) is 7.99. The fourth-order valence-electron chi connectivity index (χ4n) is 3.31. The Kier molecular flexibility index (Phi) is 2.92. The minimum absolute atomic E-state index is 0.352. The number of anilines is 1. The van der Waals surface area contributed by atoms with Crippen molar-refractivity contribution in [1.82, 2.24) is 9.97 Å². The van der Waals surface area contributed by atoms with Crippen molar-refractivity contribution in [3.8, 4) is 0 Å². The highest BCUT2D eigenvalue weighted by atomic mass is 15.0. The number of nitrogens with one attached hydrogen (secondary N) is 2. The highest BCUT2D eigenvalue weighted by Crippen LogP contribution is 2.36. The molecule has 3 nitrogen and oxygen atoms in total. The lowest BCUT2D eigenvalue weighted by Gasteiger charge is -2.24. The largest absolute Gasteiger partial charge is 0.375 e. The molecular weight excluding hydrogens is 258 g/mol. The minimum Gasteiger partial charge on any atom is -0.375 e. The van der Waals surface area contributed by atoms with E-state index in [0.29, 0.717) is 6.04 Å². The maximum atomic E-state index is 4.37. The number of nitrogens with zero attached hydrogens (tertiary/aromatic N) is 1. The zero-order valence-electron chi connectivity index (χ0n) is 12.2. The third kappa shape index (κ3) is 2.19. The summed E-state index contributed by atoms with van der Waals surface area (Å²) in [5, 5.41) is 5.01.